The highest BCUT2D eigenvalue weighted by molar-refractivity contribution is 7.89. The topological polar surface area (TPSA) is 78.5 Å². The van der Waals surface area contributed by atoms with E-state index in [9.17, 15) is 17.6 Å². The van der Waals surface area contributed by atoms with Crippen LogP contribution in [-0.2, 0) is 10.0 Å². The minimum atomic E-state index is -3.46. The summed E-state index contributed by atoms with van der Waals surface area (Å²) in [7, 11) is -3.46. The molecule has 1 saturated heterocycles. The summed E-state index contributed by atoms with van der Waals surface area (Å²) in [4.78, 5) is 12.2. The number of carbonyl (C=O) groups is 1. The molecule has 0 bridgehead atoms. The Morgan fingerprint density at radius 2 is 1.67 bits per heavy atom. The minimum Gasteiger partial charge on any atom is -0.338 e. The van der Waals surface area contributed by atoms with Crippen molar-refractivity contribution in [3.8, 4) is 0 Å². The molecular weight excluding hydrogens is 369 g/mol. The Labute approximate surface area is 158 Å². The van der Waals surface area contributed by atoms with Gasteiger partial charge in [-0.2, -0.15) is 4.31 Å². The molecule has 1 aliphatic heterocycles. The highest BCUT2D eigenvalue weighted by atomic mass is 32.2. The number of anilines is 1. The molecule has 1 heterocycles. The highest BCUT2D eigenvalue weighted by Gasteiger charge is 2.29. The molecule has 2 amide bonds. The van der Waals surface area contributed by atoms with E-state index in [1.807, 2.05) is 0 Å². The van der Waals surface area contributed by atoms with Crippen LogP contribution >= 0.6 is 0 Å². The fraction of sp³-hybridized carbons (Fsp3) is 0.316. The van der Waals surface area contributed by atoms with Gasteiger partial charge in [-0.1, -0.05) is 18.2 Å². The number of hydrogen-bond donors (Lipinski definition) is 2. The highest BCUT2D eigenvalue weighted by Crippen LogP contribution is 2.23. The molecule has 0 spiro atoms. The monoisotopic (exact) mass is 391 g/mol. The van der Waals surface area contributed by atoms with Gasteiger partial charge < -0.3 is 10.6 Å². The number of amides is 2. The number of nitrogens with one attached hydrogen (secondary N) is 2. The molecule has 27 heavy (non-hydrogen) atoms. The summed E-state index contributed by atoms with van der Waals surface area (Å²) in [6.45, 7) is 1.33. The largest absolute Gasteiger partial charge is 0.338 e. The second kappa shape index (κ2) is 8.49. The smallest absolute Gasteiger partial charge is 0.319 e. The van der Waals surface area contributed by atoms with Crippen LogP contribution in [0.1, 0.15) is 12.8 Å². The van der Waals surface area contributed by atoms with Gasteiger partial charge in [0.15, 0.2) is 0 Å². The normalized spacial score (nSPS) is 16.0. The summed E-state index contributed by atoms with van der Waals surface area (Å²) in [6.07, 6.45) is 1.37. The van der Waals surface area contributed by atoms with E-state index in [4.69, 9.17) is 0 Å². The Morgan fingerprint density at radius 1 is 1.04 bits per heavy atom. The molecule has 0 atom stereocenters. The standard InChI is InChI=1S/C19H22FN3O3S/c20-16-6-8-17(9-7-16)22-19(24)21-14-15-10-12-23(13-11-15)27(25,26)18-4-2-1-3-5-18/h1-9,15H,10-14H2,(H2,21,22,24). The molecule has 1 fully saturated rings. The van der Waals surface area contributed by atoms with Crippen molar-refractivity contribution < 1.29 is 17.6 Å². The van der Waals surface area contributed by atoms with Gasteiger partial charge >= 0.3 is 6.03 Å². The van der Waals surface area contributed by atoms with Crippen LogP contribution < -0.4 is 10.6 Å². The number of piperidine rings is 1. The average molecular weight is 391 g/mol. The second-order valence-electron chi connectivity index (χ2n) is 6.50. The maximum absolute atomic E-state index is 12.9. The van der Waals surface area contributed by atoms with Crippen LogP contribution in [0.5, 0.6) is 0 Å². The van der Waals surface area contributed by atoms with Crippen LogP contribution in [0, 0.1) is 11.7 Å². The average Bonchev–Trinajstić information content (AvgIpc) is 2.69. The third-order valence-corrected chi connectivity index (χ3v) is 6.52. The number of nitrogens with zero attached hydrogens (tertiary/aromatic N) is 1. The molecule has 2 aromatic rings. The number of carbonyl (C=O) groups excluding carboxylic acids is 1. The first-order valence-corrected chi connectivity index (χ1v) is 10.2. The lowest BCUT2D eigenvalue weighted by Gasteiger charge is -2.31. The summed E-state index contributed by atoms with van der Waals surface area (Å²) in [6, 6.07) is 13.6. The predicted octanol–water partition coefficient (Wildman–Crippen LogP) is 3.05. The van der Waals surface area contributed by atoms with Gasteiger partial charge in [-0.25, -0.2) is 17.6 Å². The molecule has 0 aromatic heterocycles. The van der Waals surface area contributed by atoms with E-state index in [2.05, 4.69) is 10.6 Å². The van der Waals surface area contributed by atoms with Crippen LogP contribution in [0.3, 0.4) is 0 Å². The lowest BCUT2D eigenvalue weighted by Crippen LogP contribution is -2.42. The van der Waals surface area contributed by atoms with E-state index in [0.717, 1.165) is 0 Å². The quantitative estimate of drug-likeness (QED) is 0.822. The zero-order valence-electron chi connectivity index (χ0n) is 14.8. The van der Waals surface area contributed by atoms with Crippen LogP contribution in [0.4, 0.5) is 14.9 Å². The molecule has 0 aliphatic carbocycles. The molecule has 2 N–H and O–H groups in total. The summed E-state index contributed by atoms with van der Waals surface area (Å²) >= 11 is 0. The molecule has 0 saturated carbocycles. The molecule has 0 unspecified atom stereocenters. The maximum Gasteiger partial charge on any atom is 0.319 e. The van der Waals surface area contributed by atoms with Crippen molar-refractivity contribution in [2.45, 2.75) is 17.7 Å². The van der Waals surface area contributed by atoms with E-state index < -0.39 is 10.0 Å². The molecule has 3 rings (SSSR count). The molecular formula is C19H22FN3O3S. The summed E-state index contributed by atoms with van der Waals surface area (Å²) < 4.78 is 39.6. The van der Waals surface area contributed by atoms with E-state index in [-0.39, 0.29) is 17.8 Å². The van der Waals surface area contributed by atoms with E-state index in [0.29, 0.717) is 43.1 Å². The zero-order chi connectivity index (χ0) is 19.3. The molecule has 144 valence electrons. The maximum atomic E-state index is 12.9. The van der Waals surface area contributed by atoms with Gasteiger partial charge in [-0.15, -0.1) is 0 Å². The van der Waals surface area contributed by atoms with Gasteiger partial charge in [0.2, 0.25) is 10.0 Å². The van der Waals surface area contributed by atoms with E-state index in [1.54, 1.807) is 30.3 Å². The number of halogens is 1. The first-order valence-electron chi connectivity index (χ1n) is 8.81. The van der Waals surface area contributed by atoms with Crippen LogP contribution in [0.2, 0.25) is 0 Å². The molecule has 1 aliphatic rings. The van der Waals surface area contributed by atoms with Gasteiger partial charge in [0.05, 0.1) is 4.90 Å². The predicted molar refractivity (Wildman–Crippen MR) is 101 cm³/mol. The fourth-order valence-electron chi connectivity index (χ4n) is 3.04. The van der Waals surface area contributed by atoms with Crippen LogP contribution in [0.15, 0.2) is 59.5 Å². The lowest BCUT2D eigenvalue weighted by molar-refractivity contribution is 0.240. The van der Waals surface area contributed by atoms with Gasteiger partial charge in [0.25, 0.3) is 0 Å². The Balaban J connectivity index is 1.45. The van der Waals surface area contributed by atoms with E-state index in [1.165, 1.54) is 28.6 Å². The van der Waals surface area contributed by atoms with Gasteiger partial charge in [-0.05, 0) is 55.2 Å². The Kier molecular flexibility index (Phi) is 6.08. The summed E-state index contributed by atoms with van der Waals surface area (Å²) in [5, 5.41) is 5.43. The van der Waals surface area contributed by atoms with Gasteiger partial charge in [0, 0.05) is 25.3 Å². The SMILES string of the molecule is O=C(NCC1CCN(S(=O)(=O)c2ccccc2)CC1)Nc1ccc(F)cc1. The Hall–Kier alpha value is -2.45. The van der Waals surface area contributed by atoms with Crippen molar-refractivity contribution in [1.82, 2.24) is 9.62 Å². The van der Waals surface area contributed by atoms with Crippen LogP contribution in [0.25, 0.3) is 0 Å². The van der Waals surface area contributed by atoms with Crippen molar-refractivity contribution >= 4 is 21.7 Å². The first kappa shape index (κ1) is 19.3. The third-order valence-electron chi connectivity index (χ3n) is 4.61. The molecule has 6 nitrogen and oxygen atoms in total. The summed E-state index contributed by atoms with van der Waals surface area (Å²) in [5.41, 5.74) is 0.512. The van der Waals surface area contributed by atoms with Crippen LogP contribution in [-0.4, -0.2) is 38.4 Å². The second-order valence-corrected chi connectivity index (χ2v) is 8.44. The Bertz CT molecular complexity index is 865. The van der Waals surface area contributed by atoms with Crippen molar-refractivity contribution in [1.29, 1.82) is 0 Å². The third kappa shape index (κ3) is 5.05. The number of sulfonamides is 1. The van der Waals surface area contributed by atoms with Crippen molar-refractivity contribution in [3.05, 3.63) is 60.4 Å². The number of rotatable bonds is 5. The first-order chi connectivity index (χ1) is 12.9. The molecule has 8 heteroatoms. The lowest BCUT2D eigenvalue weighted by atomic mass is 9.98. The fourth-order valence-corrected chi connectivity index (χ4v) is 4.53. The van der Waals surface area contributed by atoms with Gasteiger partial charge in [0.1, 0.15) is 5.82 Å². The molecule has 0 radical (unpaired) electrons. The Morgan fingerprint density at radius 3 is 2.30 bits per heavy atom. The van der Waals surface area contributed by atoms with Crippen molar-refractivity contribution in [2.75, 3.05) is 25.0 Å². The minimum absolute atomic E-state index is 0.214. The summed E-state index contributed by atoms with van der Waals surface area (Å²) in [5.74, 6) is -0.149. The number of hydrogen-bond acceptors (Lipinski definition) is 3. The van der Waals surface area contributed by atoms with E-state index >= 15 is 0 Å². The van der Waals surface area contributed by atoms with Crippen molar-refractivity contribution in [2.24, 2.45) is 5.92 Å². The number of benzene rings is 2. The molecule has 2 aromatic carbocycles. The zero-order valence-corrected chi connectivity index (χ0v) is 15.6. The number of urea groups is 1. The van der Waals surface area contributed by atoms with Crippen molar-refractivity contribution in [3.63, 3.8) is 0 Å². The van der Waals surface area contributed by atoms with Gasteiger partial charge in [-0.3, -0.25) is 0 Å².